The van der Waals surface area contributed by atoms with Crippen LogP contribution in [0.25, 0.3) is 11.1 Å². The second-order valence-corrected chi connectivity index (χ2v) is 17.7. The lowest BCUT2D eigenvalue weighted by Crippen LogP contribution is -2.19. The second-order valence-electron chi connectivity index (χ2n) is 10.3. The van der Waals surface area contributed by atoms with Crippen LogP contribution in [-0.4, -0.2) is 29.4 Å². The first-order chi connectivity index (χ1) is 16.9. The van der Waals surface area contributed by atoms with Gasteiger partial charge in [0.25, 0.3) is 0 Å². The molecule has 4 rings (SSSR count). The molecule has 3 aromatic carbocycles. The van der Waals surface area contributed by atoms with E-state index in [1.54, 1.807) is 30.3 Å². The van der Waals surface area contributed by atoms with Crippen molar-refractivity contribution in [2.75, 3.05) is 11.0 Å². The number of rotatable bonds is 9. The third-order valence-electron chi connectivity index (χ3n) is 6.00. The van der Waals surface area contributed by atoms with E-state index in [0.29, 0.717) is 28.1 Å². The van der Waals surface area contributed by atoms with Gasteiger partial charge >= 0.3 is 6.61 Å². The molecule has 36 heavy (non-hydrogen) atoms. The molecule has 1 N–H and O–H groups in total. The number of hydrogen-bond acceptors (Lipinski definition) is 4. The van der Waals surface area contributed by atoms with E-state index < -0.39 is 30.8 Å². The van der Waals surface area contributed by atoms with Crippen molar-refractivity contribution in [2.45, 2.75) is 51.2 Å². The first-order valence-corrected chi connectivity index (χ1v) is 17.4. The van der Waals surface area contributed by atoms with Gasteiger partial charge in [-0.05, 0) is 47.4 Å². The number of alkyl halides is 2. The summed E-state index contributed by atoms with van der Waals surface area (Å²) < 4.78 is 63.7. The van der Waals surface area contributed by atoms with Crippen molar-refractivity contribution in [1.82, 2.24) is 0 Å². The Labute approximate surface area is 212 Å². The topological polar surface area (TPSA) is 64.6 Å². The van der Waals surface area contributed by atoms with E-state index in [0.717, 1.165) is 24.7 Å². The van der Waals surface area contributed by atoms with E-state index in [1.807, 2.05) is 12.1 Å². The molecule has 0 aromatic heterocycles. The van der Waals surface area contributed by atoms with E-state index in [1.165, 1.54) is 17.7 Å². The van der Waals surface area contributed by atoms with Crippen molar-refractivity contribution in [3.8, 4) is 22.6 Å². The largest absolute Gasteiger partial charge is 0.480 e. The van der Waals surface area contributed by atoms with Crippen LogP contribution in [0.15, 0.2) is 60.7 Å². The van der Waals surface area contributed by atoms with Crippen LogP contribution in [-0.2, 0) is 16.4 Å². The van der Waals surface area contributed by atoms with Crippen LogP contribution in [0.4, 0.5) is 14.5 Å². The highest BCUT2D eigenvalue weighted by Crippen LogP contribution is 2.50. The molecular formula is C27H31F2NO4SSi. The van der Waals surface area contributed by atoms with Crippen LogP contribution >= 0.6 is 0 Å². The van der Waals surface area contributed by atoms with E-state index in [2.05, 4.69) is 36.5 Å². The van der Waals surface area contributed by atoms with Crippen molar-refractivity contribution >= 4 is 23.8 Å². The number of ether oxygens (including phenoxy) is 2. The van der Waals surface area contributed by atoms with Crippen LogP contribution in [0, 0.1) is 0 Å². The van der Waals surface area contributed by atoms with Crippen molar-refractivity contribution in [2.24, 2.45) is 0 Å². The fraction of sp³-hybridized carbons (Fsp3) is 0.333. The highest BCUT2D eigenvalue weighted by molar-refractivity contribution is 7.92. The first kappa shape index (κ1) is 26.2. The molecule has 0 radical (unpaired) electrons. The van der Waals surface area contributed by atoms with Crippen LogP contribution < -0.4 is 14.2 Å². The average molecular weight is 532 g/mol. The molecule has 5 nitrogen and oxygen atoms in total. The minimum absolute atomic E-state index is 0.00567. The summed E-state index contributed by atoms with van der Waals surface area (Å²) >= 11 is 0. The summed E-state index contributed by atoms with van der Waals surface area (Å²) in [5.41, 5.74) is 4.21. The standard InChI is InChI=1S/C27H31F2NO4SSi/c1-35(31,32)30-20-13-14-21-22(17-20)26(33-23-11-6-12-24(25(21)23)34-27(28)29)19-10-5-8-18(16-19)9-7-15-36(2,3)4/h5-6,8,10-14,16-17,26-27,30H,7,9,15H2,1-4H3. The summed E-state index contributed by atoms with van der Waals surface area (Å²) in [6.07, 6.45) is 2.60. The summed E-state index contributed by atoms with van der Waals surface area (Å²) in [6.45, 7) is 4.10. The summed E-state index contributed by atoms with van der Waals surface area (Å²) in [6, 6.07) is 19.2. The third kappa shape index (κ3) is 6.44. The number of fused-ring (bicyclic) bond motifs is 3. The Morgan fingerprint density at radius 1 is 1.06 bits per heavy atom. The fourth-order valence-corrected chi connectivity index (χ4v) is 6.32. The van der Waals surface area contributed by atoms with Crippen molar-refractivity contribution in [1.29, 1.82) is 0 Å². The van der Waals surface area contributed by atoms with Gasteiger partial charge in [-0.2, -0.15) is 8.78 Å². The molecule has 0 saturated heterocycles. The lowest BCUT2D eigenvalue weighted by molar-refractivity contribution is -0.0496. The number of benzene rings is 3. The fourth-order valence-electron chi connectivity index (χ4n) is 4.53. The molecule has 0 aliphatic carbocycles. The number of nitrogens with one attached hydrogen (secondary N) is 1. The zero-order valence-electron chi connectivity index (χ0n) is 20.8. The first-order valence-electron chi connectivity index (χ1n) is 11.8. The maximum Gasteiger partial charge on any atom is 0.387 e. The number of aryl methyl sites for hydroxylation is 1. The molecule has 1 atom stereocenters. The number of anilines is 1. The van der Waals surface area contributed by atoms with E-state index in [-0.39, 0.29) is 5.75 Å². The third-order valence-corrected chi connectivity index (χ3v) is 8.46. The van der Waals surface area contributed by atoms with Crippen LogP contribution in [0.5, 0.6) is 11.5 Å². The van der Waals surface area contributed by atoms with Gasteiger partial charge in [-0.1, -0.05) is 68.5 Å². The Balaban J connectivity index is 1.77. The van der Waals surface area contributed by atoms with Crippen molar-refractivity contribution in [3.63, 3.8) is 0 Å². The zero-order valence-corrected chi connectivity index (χ0v) is 22.7. The Morgan fingerprint density at radius 2 is 1.81 bits per heavy atom. The van der Waals surface area contributed by atoms with Gasteiger partial charge in [-0.25, -0.2) is 8.42 Å². The zero-order chi connectivity index (χ0) is 26.1. The number of sulfonamides is 1. The van der Waals surface area contributed by atoms with Gasteiger partial charge in [0, 0.05) is 19.3 Å². The van der Waals surface area contributed by atoms with E-state index >= 15 is 0 Å². The lowest BCUT2D eigenvalue weighted by Gasteiger charge is -2.31. The van der Waals surface area contributed by atoms with Crippen molar-refractivity contribution < 1.29 is 26.7 Å². The van der Waals surface area contributed by atoms with Gasteiger partial charge in [-0.3, -0.25) is 4.72 Å². The molecule has 0 spiro atoms. The molecule has 0 amide bonds. The molecule has 3 aromatic rings. The summed E-state index contributed by atoms with van der Waals surface area (Å²) in [4.78, 5) is 0. The Bertz CT molecular complexity index is 1360. The van der Waals surface area contributed by atoms with Gasteiger partial charge in [0.05, 0.1) is 11.8 Å². The Kier molecular flexibility index (Phi) is 7.42. The minimum atomic E-state index is -3.51. The molecule has 9 heteroatoms. The predicted molar refractivity (Wildman–Crippen MR) is 142 cm³/mol. The summed E-state index contributed by atoms with van der Waals surface area (Å²) in [5, 5.41) is 0. The number of hydrogen-bond donors (Lipinski definition) is 1. The highest BCUT2D eigenvalue weighted by Gasteiger charge is 2.31. The molecule has 0 bridgehead atoms. The lowest BCUT2D eigenvalue weighted by atomic mass is 9.88. The summed E-state index contributed by atoms with van der Waals surface area (Å²) in [7, 11) is -4.64. The molecule has 0 fully saturated rings. The molecular weight excluding hydrogens is 500 g/mol. The monoisotopic (exact) mass is 531 g/mol. The van der Waals surface area contributed by atoms with Crippen LogP contribution in [0.1, 0.15) is 29.2 Å². The van der Waals surface area contributed by atoms with Crippen LogP contribution in [0.2, 0.25) is 25.7 Å². The van der Waals surface area contributed by atoms with Gasteiger partial charge in [0.1, 0.15) is 17.6 Å². The predicted octanol–water partition coefficient (Wildman–Crippen LogP) is 7.08. The SMILES string of the molecule is C[Si](C)(C)CCCc1cccc(C2Oc3cccc(OC(F)F)c3-c3ccc(NS(C)(=O)=O)cc32)c1. The van der Waals surface area contributed by atoms with Gasteiger partial charge in [0.15, 0.2) is 0 Å². The van der Waals surface area contributed by atoms with Crippen LogP contribution in [0.3, 0.4) is 0 Å². The summed E-state index contributed by atoms with van der Waals surface area (Å²) in [5.74, 6) is 0.435. The minimum Gasteiger partial charge on any atom is -0.480 e. The number of halogens is 2. The van der Waals surface area contributed by atoms with Gasteiger partial charge in [-0.15, -0.1) is 0 Å². The maximum absolute atomic E-state index is 13.1. The Morgan fingerprint density at radius 3 is 2.50 bits per heavy atom. The molecule has 1 aliphatic heterocycles. The highest BCUT2D eigenvalue weighted by atomic mass is 32.2. The van der Waals surface area contributed by atoms with E-state index in [4.69, 9.17) is 9.47 Å². The molecule has 1 aliphatic rings. The molecule has 192 valence electrons. The van der Waals surface area contributed by atoms with E-state index in [9.17, 15) is 17.2 Å². The Hall–Kier alpha value is -2.91. The quantitative estimate of drug-likeness (QED) is 0.300. The van der Waals surface area contributed by atoms with Gasteiger partial charge in [0.2, 0.25) is 10.0 Å². The smallest absolute Gasteiger partial charge is 0.387 e. The molecule has 1 unspecified atom stereocenters. The second kappa shape index (κ2) is 10.2. The van der Waals surface area contributed by atoms with Gasteiger partial charge < -0.3 is 9.47 Å². The average Bonchev–Trinajstić information content (AvgIpc) is 2.76. The molecule has 0 saturated carbocycles. The van der Waals surface area contributed by atoms with Crippen molar-refractivity contribution in [3.05, 3.63) is 77.4 Å². The normalized spacial score (nSPS) is 15.1. The molecule has 1 heterocycles. The maximum atomic E-state index is 13.1.